The van der Waals surface area contributed by atoms with Gasteiger partial charge in [0, 0.05) is 19.3 Å². The Labute approximate surface area is 165 Å². The first-order valence-corrected chi connectivity index (χ1v) is 9.92. The number of epoxide rings is 1. The number of hydrogen-bond acceptors (Lipinski definition) is 7. The summed E-state index contributed by atoms with van der Waals surface area (Å²) < 4.78 is 18.1. The Morgan fingerprint density at radius 2 is 1.89 bits per heavy atom. The van der Waals surface area contributed by atoms with Crippen LogP contribution >= 0.6 is 0 Å². The van der Waals surface area contributed by atoms with E-state index in [0.717, 1.165) is 0 Å². The summed E-state index contributed by atoms with van der Waals surface area (Å²) in [5.41, 5.74) is -5.63. The highest BCUT2D eigenvalue weighted by Crippen LogP contribution is 2.74. The fourth-order valence-electron chi connectivity index (χ4n) is 6.45. The van der Waals surface area contributed by atoms with E-state index in [4.69, 9.17) is 14.2 Å². The summed E-state index contributed by atoms with van der Waals surface area (Å²) in [6.07, 6.45) is -0.502. The van der Waals surface area contributed by atoms with Crippen LogP contribution in [0, 0.1) is 11.3 Å². The van der Waals surface area contributed by atoms with Gasteiger partial charge in [0.25, 0.3) is 0 Å². The number of ether oxygens (including phenoxy) is 3. The minimum atomic E-state index is -1.49. The van der Waals surface area contributed by atoms with Crippen LogP contribution in [0.25, 0.3) is 0 Å². The maximum absolute atomic E-state index is 13.5. The number of rotatable bonds is 2. The van der Waals surface area contributed by atoms with Crippen LogP contribution in [0.2, 0.25) is 0 Å². The first-order chi connectivity index (χ1) is 12.8. The minimum Gasteiger partial charge on any atom is -0.459 e. The van der Waals surface area contributed by atoms with Gasteiger partial charge in [-0.15, -0.1) is 6.58 Å². The molecule has 0 radical (unpaired) electrons. The van der Waals surface area contributed by atoms with Gasteiger partial charge in [0.1, 0.15) is 23.4 Å². The Morgan fingerprint density at radius 1 is 1.25 bits per heavy atom. The number of Topliss-reactive ketones (excluding diaryl/α,β-unsaturated/α-hetero) is 1. The molecular weight excluding hydrogens is 364 g/mol. The molecule has 156 valence electrons. The van der Waals surface area contributed by atoms with Gasteiger partial charge >= 0.3 is 5.97 Å². The monoisotopic (exact) mass is 394 g/mol. The van der Waals surface area contributed by atoms with Crippen molar-refractivity contribution in [2.24, 2.45) is 11.3 Å². The lowest BCUT2D eigenvalue weighted by Crippen LogP contribution is -2.78. The summed E-state index contributed by atoms with van der Waals surface area (Å²) in [7, 11) is 0. The van der Waals surface area contributed by atoms with Crippen LogP contribution in [-0.2, 0) is 23.8 Å². The lowest BCUT2D eigenvalue weighted by molar-refractivity contribution is -0.269. The van der Waals surface area contributed by atoms with Gasteiger partial charge in [-0.3, -0.25) is 9.59 Å². The summed E-state index contributed by atoms with van der Waals surface area (Å²) in [5, 5.41) is 22.5. The number of carbonyl (C=O) groups is 2. The zero-order chi connectivity index (χ0) is 20.9. The molecule has 2 spiro atoms. The highest BCUT2D eigenvalue weighted by Gasteiger charge is 2.94. The molecule has 2 aliphatic carbocycles. The molecule has 2 N–H and O–H groups in total. The Bertz CT molecular complexity index is 762. The number of ketones is 1. The molecule has 2 saturated heterocycles. The number of aliphatic hydroxyl groups excluding tert-OH is 2. The van der Waals surface area contributed by atoms with Crippen molar-refractivity contribution in [1.29, 1.82) is 0 Å². The van der Waals surface area contributed by atoms with E-state index in [9.17, 15) is 19.8 Å². The molecular formula is C21H30O7. The van der Waals surface area contributed by atoms with E-state index in [1.165, 1.54) is 6.92 Å². The van der Waals surface area contributed by atoms with E-state index >= 15 is 0 Å². The van der Waals surface area contributed by atoms with Crippen molar-refractivity contribution in [1.82, 2.24) is 0 Å². The second-order valence-electron chi connectivity index (χ2n) is 9.94. The lowest BCUT2D eigenvalue weighted by atomic mass is 9.48. The molecule has 2 heterocycles. The van der Waals surface area contributed by atoms with E-state index in [-0.39, 0.29) is 12.2 Å². The summed E-state index contributed by atoms with van der Waals surface area (Å²) in [6, 6.07) is 0. The highest BCUT2D eigenvalue weighted by atomic mass is 16.7. The first kappa shape index (κ1) is 20.0. The lowest BCUT2D eigenvalue weighted by Gasteiger charge is -2.59. The van der Waals surface area contributed by atoms with E-state index < -0.39 is 58.0 Å². The quantitative estimate of drug-likeness (QED) is 0.413. The van der Waals surface area contributed by atoms with Gasteiger partial charge in [0.15, 0.2) is 11.4 Å². The third-order valence-corrected chi connectivity index (χ3v) is 7.68. The van der Waals surface area contributed by atoms with Crippen LogP contribution in [0.4, 0.5) is 0 Å². The molecule has 8 atom stereocenters. The van der Waals surface area contributed by atoms with Gasteiger partial charge in [-0.2, -0.15) is 0 Å². The fourth-order valence-corrected chi connectivity index (χ4v) is 6.45. The highest BCUT2D eigenvalue weighted by molar-refractivity contribution is 5.96. The second-order valence-corrected chi connectivity index (χ2v) is 9.94. The molecule has 28 heavy (non-hydrogen) atoms. The predicted octanol–water partition coefficient (Wildman–Crippen LogP) is 1.29. The van der Waals surface area contributed by atoms with Crippen LogP contribution < -0.4 is 0 Å². The molecule has 7 heteroatoms. The van der Waals surface area contributed by atoms with Gasteiger partial charge < -0.3 is 24.4 Å². The van der Waals surface area contributed by atoms with Gasteiger partial charge in [-0.05, 0) is 32.1 Å². The van der Waals surface area contributed by atoms with Crippen molar-refractivity contribution in [3.63, 3.8) is 0 Å². The molecule has 4 aliphatic rings. The minimum absolute atomic E-state index is 0.0403. The normalized spacial score (nSPS) is 54.0. The Kier molecular flexibility index (Phi) is 3.89. The Morgan fingerprint density at radius 3 is 2.46 bits per heavy atom. The Balaban J connectivity index is 1.93. The molecule has 0 aromatic carbocycles. The maximum atomic E-state index is 13.5. The summed E-state index contributed by atoms with van der Waals surface area (Å²) >= 11 is 0. The van der Waals surface area contributed by atoms with E-state index in [2.05, 4.69) is 6.58 Å². The number of hydrogen-bond donors (Lipinski definition) is 2. The average molecular weight is 394 g/mol. The van der Waals surface area contributed by atoms with Crippen molar-refractivity contribution in [2.75, 3.05) is 0 Å². The molecule has 4 fully saturated rings. The maximum Gasteiger partial charge on any atom is 0.303 e. The van der Waals surface area contributed by atoms with Crippen molar-refractivity contribution in [3.8, 4) is 0 Å². The molecule has 0 bridgehead atoms. The van der Waals surface area contributed by atoms with Crippen LogP contribution in [0.15, 0.2) is 12.7 Å². The standard InChI is InChI=1S/C21H30O7/c1-7-18(5)10-13(24)21-19(6,27-18)16(25)14(26-11(2)22)15-17(3,4)9-8-12(23)20(15,21)28-21/h7,12,14-16,23,25H,1,8-10H2,2-6H3/t12-,14-,15-,16-,18-,19+,20+,21+/m0/s1. The number of aliphatic hydroxyl groups is 2. The molecule has 0 amide bonds. The number of esters is 1. The van der Waals surface area contributed by atoms with Crippen LogP contribution in [0.1, 0.15) is 53.9 Å². The van der Waals surface area contributed by atoms with E-state index in [1.54, 1.807) is 19.9 Å². The molecule has 4 rings (SSSR count). The molecule has 7 nitrogen and oxygen atoms in total. The predicted molar refractivity (Wildman–Crippen MR) is 98.3 cm³/mol. The van der Waals surface area contributed by atoms with E-state index in [0.29, 0.717) is 12.8 Å². The smallest absolute Gasteiger partial charge is 0.303 e. The summed E-state index contributed by atoms with van der Waals surface area (Å²) in [4.78, 5) is 25.4. The van der Waals surface area contributed by atoms with Crippen molar-refractivity contribution >= 4 is 11.8 Å². The van der Waals surface area contributed by atoms with Gasteiger partial charge in [0.05, 0.1) is 11.7 Å². The third-order valence-electron chi connectivity index (χ3n) is 7.68. The molecule has 0 aromatic heterocycles. The van der Waals surface area contributed by atoms with E-state index in [1.807, 2.05) is 13.8 Å². The zero-order valence-electron chi connectivity index (χ0n) is 17.2. The Hall–Kier alpha value is -1.28. The summed E-state index contributed by atoms with van der Waals surface area (Å²) in [6.45, 7) is 12.4. The van der Waals surface area contributed by atoms with Gasteiger partial charge in [0.2, 0.25) is 0 Å². The molecule has 2 saturated carbocycles. The molecule has 0 unspecified atom stereocenters. The van der Waals surface area contributed by atoms with Gasteiger partial charge in [-0.25, -0.2) is 0 Å². The van der Waals surface area contributed by atoms with Crippen LogP contribution in [0.3, 0.4) is 0 Å². The topological polar surface area (TPSA) is 106 Å². The average Bonchev–Trinajstić information content (AvgIpc) is 3.27. The second kappa shape index (κ2) is 5.45. The SMILES string of the molecule is C=C[C@@]1(C)CC(=O)[C@]23O[C@@]24[C@@H](O)CCC(C)(C)[C@@H]4[C@H](OC(C)=O)[C@H](O)[C@@]3(C)O1. The van der Waals surface area contributed by atoms with Crippen LogP contribution in [0.5, 0.6) is 0 Å². The largest absolute Gasteiger partial charge is 0.459 e. The number of carbonyl (C=O) groups excluding carboxylic acids is 2. The third kappa shape index (κ3) is 2.03. The van der Waals surface area contributed by atoms with Crippen LogP contribution in [-0.4, -0.2) is 62.7 Å². The van der Waals surface area contributed by atoms with Crippen molar-refractivity contribution < 1.29 is 34.0 Å². The first-order valence-electron chi connectivity index (χ1n) is 9.92. The molecule has 2 aliphatic heterocycles. The zero-order valence-corrected chi connectivity index (χ0v) is 17.2. The summed E-state index contributed by atoms with van der Waals surface area (Å²) in [5.74, 6) is -1.30. The van der Waals surface area contributed by atoms with Gasteiger partial charge in [-0.1, -0.05) is 19.9 Å². The fraction of sp³-hybridized carbons (Fsp3) is 0.810. The van der Waals surface area contributed by atoms with Crippen molar-refractivity contribution in [3.05, 3.63) is 12.7 Å². The molecule has 0 aromatic rings. The van der Waals surface area contributed by atoms with Crippen molar-refractivity contribution in [2.45, 2.75) is 94.6 Å².